The molecular weight excluding hydrogens is 266 g/mol. The minimum absolute atomic E-state index is 0.161. The zero-order valence-corrected chi connectivity index (χ0v) is 11.9. The zero-order chi connectivity index (χ0) is 14.8. The number of aromatic hydroxyl groups is 1. The number of nitrogens with zero attached hydrogens (tertiary/aromatic N) is 1. The molecule has 0 aliphatic heterocycles. The summed E-state index contributed by atoms with van der Waals surface area (Å²) in [7, 11) is 0. The number of fused-ring (bicyclic) bond motifs is 3. The Morgan fingerprint density at radius 1 is 1.19 bits per heavy atom. The number of rotatable bonds is 4. The zero-order valence-electron chi connectivity index (χ0n) is 11.9. The molecule has 3 aromatic rings. The first kappa shape index (κ1) is 13.5. The van der Waals surface area contributed by atoms with Crippen molar-refractivity contribution in [2.45, 2.75) is 19.8 Å². The van der Waals surface area contributed by atoms with Crippen molar-refractivity contribution >= 4 is 22.4 Å². The van der Waals surface area contributed by atoms with Crippen LogP contribution in [-0.4, -0.2) is 22.1 Å². The van der Waals surface area contributed by atoms with Gasteiger partial charge in [0.15, 0.2) is 0 Å². The molecule has 0 atom stereocenters. The molecule has 3 rings (SSSR count). The summed E-state index contributed by atoms with van der Waals surface area (Å²) in [5.41, 5.74) is 2.18. The maximum atomic E-state index is 12.4. The molecule has 2 heterocycles. The number of para-hydroxylation sites is 1. The summed E-state index contributed by atoms with van der Waals surface area (Å²) in [5.74, 6) is -0.151. The topological polar surface area (TPSA) is 50.9 Å². The predicted octanol–water partition coefficient (Wildman–Crippen LogP) is 3.76. The molecule has 4 nitrogen and oxygen atoms in total. The molecule has 0 fully saturated rings. The van der Waals surface area contributed by atoms with Crippen LogP contribution in [0.1, 0.15) is 30.1 Å². The van der Waals surface area contributed by atoms with Crippen LogP contribution >= 0.6 is 0 Å². The number of esters is 1. The number of ether oxygens (including phenoxy) is 1. The minimum atomic E-state index is -0.312. The van der Waals surface area contributed by atoms with Crippen molar-refractivity contribution in [2.24, 2.45) is 0 Å². The first-order valence-electron chi connectivity index (χ1n) is 7.11. The second-order valence-corrected chi connectivity index (χ2v) is 5.02. The number of carbonyl (C=O) groups is 1. The van der Waals surface area contributed by atoms with Crippen LogP contribution in [0, 0.1) is 0 Å². The third-order valence-corrected chi connectivity index (χ3v) is 3.56. The summed E-state index contributed by atoms with van der Waals surface area (Å²) < 4.78 is 7.18. The van der Waals surface area contributed by atoms with Gasteiger partial charge in [-0.2, -0.15) is 0 Å². The van der Waals surface area contributed by atoms with Crippen molar-refractivity contribution in [3.8, 4) is 5.75 Å². The lowest BCUT2D eigenvalue weighted by Gasteiger charge is -2.03. The number of benzene rings is 1. The van der Waals surface area contributed by atoms with E-state index in [2.05, 4.69) is 6.92 Å². The van der Waals surface area contributed by atoms with Gasteiger partial charge < -0.3 is 14.2 Å². The van der Waals surface area contributed by atoms with E-state index in [0.29, 0.717) is 12.2 Å². The number of hydrogen-bond donors (Lipinski definition) is 1. The molecule has 108 valence electrons. The van der Waals surface area contributed by atoms with E-state index in [1.165, 1.54) is 0 Å². The standard InChI is InChI=1S/C17H17NO3/c1-2-3-10-21-17(20)16-13-6-4-5-7-14(13)18-11-12(19)8-9-15(16)18/h4-9,11,19H,2-3,10H2,1H3. The van der Waals surface area contributed by atoms with Crippen molar-refractivity contribution in [3.63, 3.8) is 0 Å². The lowest BCUT2D eigenvalue weighted by molar-refractivity contribution is 0.0504. The van der Waals surface area contributed by atoms with Crippen LogP contribution in [-0.2, 0) is 4.74 Å². The number of unbranched alkanes of at least 4 members (excludes halogenated alkanes) is 1. The van der Waals surface area contributed by atoms with Gasteiger partial charge in [-0.3, -0.25) is 0 Å². The van der Waals surface area contributed by atoms with Crippen LogP contribution in [0.5, 0.6) is 5.75 Å². The molecule has 1 N–H and O–H groups in total. The minimum Gasteiger partial charge on any atom is -0.506 e. The van der Waals surface area contributed by atoms with Gasteiger partial charge in [-0.1, -0.05) is 31.5 Å². The molecule has 1 aromatic carbocycles. The summed E-state index contributed by atoms with van der Waals surface area (Å²) in [6.45, 7) is 2.48. The Balaban J connectivity index is 2.17. The van der Waals surface area contributed by atoms with Crippen molar-refractivity contribution < 1.29 is 14.6 Å². The third kappa shape index (κ3) is 2.33. The van der Waals surface area contributed by atoms with E-state index < -0.39 is 0 Å². The maximum absolute atomic E-state index is 12.4. The van der Waals surface area contributed by atoms with Gasteiger partial charge in [-0.15, -0.1) is 0 Å². The fourth-order valence-electron chi connectivity index (χ4n) is 2.52. The average Bonchev–Trinajstić information content (AvgIpc) is 2.81. The smallest absolute Gasteiger partial charge is 0.340 e. The summed E-state index contributed by atoms with van der Waals surface area (Å²) in [6.07, 6.45) is 3.45. The number of aromatic nitrogens is 1. The quantitative estimate of drug-likeness (QED) is 0.586. The van der Waals surface area contributed by atoms with E-state index >= 15 is 0 Å². The lowest BCUT2D eigenvalue weighted by atomic mass is 10.1. The third-order valence-electron chi connectivity index (χ3n) is 3.56. The summed E-state index contributed by atoms with van der Waals surface area (Å²) >= 11 is 0. The van der Waals surface area contributed by atoms with Gasteiger partial charge in [0.1, 0.15) is 5.75 Å². The van der Waals surface area contributed by atoms with Gasteiger partial charge in [0.2, 0.25) is 0 Å². The molecule has 0 unspecified atom stereocenters. The summed E-state index contributed by atoms with van der Waals surface area (Å²) in [6, 6.07) is 10.9. The first-order chi connectivity index (χ1) is 10.2. The summed E-state index contributed by atoms with van der Waals surface area (Å²) in [5, 5.41) is 10.5. The van der Waals surface area contributed by atoms with Crippen LogP contribution in [0.25, 0.3) is 16.4 Å². The molecule has 0 aliphatic rings. The maximum Gasteiger partial charge on any atom is 0.340 e. The fraction of sp³-hybridized carbons (Fsp3) is 0.235. The average molecular weight is 283 g/mol. The lowest BCUT2D eigenvalue weighted by Crippen LogP contribution is -2.06. The van der Waals surface area contributed by atoms with E-state index in [1.54, 1.807) is 18.3 Å². The Bertz CT molecular complexity index is 804. The van der Waals surface area contributed by atoms with Gasteiger partial charge in [0, 0.05) is 5.39 Å². The summed E-state index contributed by atoms with van der Waals surface area (Å²) in [4.78, 5) is 12.4. The van der Waals surface area contributed by atoms with Crippen molar-refractivity contribution in [3.05, 3.63) is 48.2 Å². The highest BCUT2D eigenvalue weighted by Gasteiger charge is 2.19. The van der Waals surface area contributed by atoms with E-state index in [0.717, 1.165) is 29.3 Å². The highest BCUT2D eigenvalue weighted by atomic mass is 16.5. The van der Waals surface area contributed by atoms with E-state index in [9.17, 15) is 9.90 Å². The van der Waals surface area contributed by atoms with Crippen molar-refractivity contribution in [1.82, 2.24) is 4.40 Å². The fourth-order valence-corrected chi connectivity index (χ4v) is 2.52. The van der Waals surface area contributed by atoms with E-state index in [-0.39, 0.29) is 11.7 Å². The van der Waals surface area contributed by atoms with Crippen molar-refractivity contribution in [2.75, 3.05) is 6.61 Å². The second-order valence-electron chi connectivity index (χ2n) is 5.02. The largest absolute Gasteiger partial charge is 0.506 e. The van der Waals surface area contributed by atoms with Crippen LogP contribution in [0.3, 0.4) is 0 Å². The molecule has 2 aromatic heterocycles. The Labute approximate surface area is 122 Å². The van der Waals surface area contributed by atoms with Gasteiger partial charge in [-0.05, 0) is 24.6 Å². The molecule has 0 bridgehead atoms. The Morgan fingerprint density at radius 3 is 2.81 bits per heavy atom. The van der Waals surface area contributed by atoms with Crippen LogP contribution < -0.4 is 0 Å². The molecule has 4 heteroatoms. The Kier molecular flexibility index (Phi) is 3.52. The predicted molar refractivity (Wildman–Crippen MR) is 81.8 cm³/mol. The molecule has 0 saturated heterocycles. The van der Waals surface area contributed by atoms with Gasteiger partial charge >= 0.3 is 5.97 Å². The van der Waals surface area contributed by atoms with Gasteiger partial charge in [-0.25, -0.2) is 4.79 Å². The van der Waals surface area contributed by atoms with Crippen LogP contribution in [0.15, 0.2) is 42.6 Å². The van der Waals surface area contributed by atoms with E-state index in [1.807, 2.05) is 28.7 Å². The first-order valence-corrected chi connectivity index (χ1v) is 7.11. The van der Waals surface area contributed by atoms with Gasteiger partial charge in [0.25, 0.3) is 0 Å². The van der Waals surface area contributed by atoms with Crippen molar-refractivity contribution in [1.29, 1.82) is 0 Å². The normalized spacial score (nSPS) is 11.1. The van der Waals surface area contributed by atoms with Crippen LogP contribution in [0.4, 0.5) is 0 Å². The molecule has 0 spiro atoms. The SMILES string of the molecule is CCCCOC(=O)c1c2ccccc2n2cc(O)ccc12. The highest BCUT2D eigenvalue weighted by molar-refractivity contribution is 6.11. The molecular formula is C17H17NO3. The Hall–Kier alpha value is -2.49. The Morgan fingerprint density at radius 2 is 2.00 bits per heavy atom. The second kappa shape index (κ2) is 5.48. The molecule has 21 heavy (non-hydrogen) atoms. The molecule has 0 radical (unpaired) electrons. The number of hydrogen-bond acceptors (Lipinski definition) is 3. The molecule has 0 saturated carbocycles. The molecule has 0 aliphatic carbocycles. The number of carbonyl (C=O) groups excluding carboxylic acids is 1. The monoisotopic (exact) mass is 283 g/mol. The van der Waals surface area contributed by atoms with E-state index in [4.69, 9.17) is 4.74 Å². The number of pyridine rings is 1. The molecule has 0 amide bonds. The van der Waals surface area contributed by atoms with Crippen LogP contribution in [0.2, 0.25) is 0 Å². The highest BCUT2D eigenvalue weighted by Crippen LogP contribution is 2.29. The van der Waals surface area contributed by atoms with Gasteiger partial charge in [0.05, 0.1) is 29.4 Å².